The summed E-state index contributed by atoms with van der Waals surface area (Å²) in [6.07, 6.45) is 3.43. The van der Waals surface area contributed by atoms with Crippen molar-refractivity contribution < 1.29 is 22.8 Å². The zero-order chi connectivity index (χ0) is 31.6. The Hall–Kier alpha value is -3.69. The Morgan fingerprint density at radius 1 is 0.956 bits per heavy atom. The zero-order valence-electron chi connectivity index (χ0n) is 25.7. The number of amides is 1. The lowest BCUT2D eigenvalue weighted by molar-refractivity contribution is -0.116. The first kappa shape index (κ1) is 32.7. The molecule has 0 saturated carbocycles. The topological polar surface area (TPSA) is 110 Å². The van der Waals surface area contributed by atoms with Crippen LogP contribution in [-0.4, -0.2) is 55.3 Å². The van der Waals surface area contributed by atoms with E-state index >= 15 is 0 Å². The van der Waals surface area contributed by atoms with Crippen LogP contribution in [0.15, 0.2) is 77.3 Å². The fourth-order valence-corrected chi connectivity index (χ4v) is 7.04. The summed E-state index contributed by atoms with van der Waals surface area (Å²) in [4.78, 5) is 26.6. The molecule has 1 aliphatic heterocycles. The summed E-state index contributed by atoms with van der Waals surface area (Å²) in [5.74, 6) is 1.61. The molecule has 0 aliphatic carbocycles. The van der Waals surface area contributed by atoms with Crippen LogP contribution in [0.25, 0.3) is 11.3 Å². The van der Waals surface area contributed by atoms with E-state index in [2.05, 4.69) is 20.1 Å². The summed E-state index contributed by atoms with van der Waals surface area (Å²) >= 11 is 6.15. The van der Waals surface area contributed by atoms with Crippen molar-refractivity contribution in [2.24, 2.45) is 0 Å². The standard InChI is InChI=1S/C33H39ClN5O5P/c1-3-42-45(41,43-4-2)24-25-11-17-28(18-12-25)36-31(40)10-7-8-29-32(26-13-15-27(34)16-14-26)37-33(44-29)39-22-20-38(21-23-39)30-9-5-6-19-35-30/h5-6,9,11-19H,3-4,7-8,10,20-24H2,1-2H3,(H,36,40). The van der Waals surface area contributed by atoms with Crippen LogP contribution in [0.3, 0.4) is 0 Å². The average molecular weight is 652 g/mol. The average Bonchev–Trinajstić information content (AvgIpc) is 3.47. The minimum atomic E-state index is -3.20. The number of rotatable bonds is 14. The fourth-order valence-electron chi connectivity index (χ4n) is 5.22. The summed E-state index contributed by atoms with van der Waals surface area (Å²) in [6.45, 7) is 7.33. The maximum Gasteiger partial charge on any atom is 0.335 e. The number of aryl methyl sites for hydroxylation is 1. The van der Waals surface area contributed by atoms with Crippen LogP contribution in [0.1, 0.15) is 38.0 Å². The second-order valence-electron chi connectivity index (χ2n) is 10.6. The molecule has 10 nitrogen and oxygen atoms in total. The van der Waals surface area contributed by atoms with E-state index in [4.69, 9.17) is 30.0 Å². The number of nitrogens with zero attached hydrogens (tertiary/aromatic N) is 4. The third-order valence-corrected chi connectivity index (χ3v) is 9.71. The SMILES string of the molecule is CCOP(=O)(Cc1ccc(NC(=O)CCCc2oc(N3CCN(c4ccccn4)CC3)nc2-c2ccc(Cl)cc2)cc1)OCC. The van der Waals surface area contributed by atoms with Crippen LogP contribution >= 0.6 is 19.2 Å². The lowest BCUT2D eigenvalue weighted by Gasteiger charge is -2.34. The number of hydrogen-bond acceptors (Lipinski definition) is 9. The Balaban J connectivity index is 1.19. The van der Waals surface area contributed by atoms with Gasteiger partial charge in [-0.25, -0.2) is 4.98 Å². The van der Waals surface area contributed by atoms with Crippen molar-refractivity contribution in [1.29, 1.82) is 0 Å². The van der Waals surface area contributed by atoms with Crippen molar-refractivity contribution in [3.05, 3.63) is 89.3 Å². The minimum Gasteiger partial charge on any atom is -0.428 e. The van der Waals surface area contributed by atoms with Gasteiger partial charge in [-0.2, -0.15) is 4.98 Å². The number of carbonyl (C=O) groups excluding carboxylic acids is 1. The van der Waals surface area contributed by atoms with Gasteiger partial charge in [0.2, 0.25) is 5.91 Å². The zero-order valence-corrected chi connectivity index (χ0v) is 27.3. The number of halogens is 1. The molecule has 0 atom stereocenters. The third-order valence-electron chi connectivity index (χ3n) is 7.40. The minimum absolute atomic E-state index is 0.101. The second kappa shape index (κ2) is 15.5. The van der Waals surface area contributed by atoms with E-state index in [1.165, 1.54) is 0 Å². The van der Waals surface area contributed by atoms with Gasteiger partial charge in [0.15, 0.2) is 0 Å². The molecule has 0 unspecified atom stereocenters. The van der Waals surface area contributed by atoms with Gasteiger partial charge in [0.05, 0.1) is 19.4 Å². The van der Waals surface area contributed by atoms with Crippen molar-refractivity contribution in [1.82, 2.24) is 9.97 Å². The number of benzene rings is 2. The molecule has 1 aliphatic rings. The van der Waals surface area contributed by atoms with Crippen LogP contribution in [-0.2, 0) is 31.0 Å². The molecule has 45 heavy (non-hydrogen) atoms. The summed E-state index contributed by atoms with van der Waals surface area (Å²) in [5.41, 5.74) is 3.16. The molecule has 0 radical (unpaired) electrons. The molecule has 3 heterocycles. The molecule has 1 amide bonds. The van der Waals surface area contributed by atoms with Crippen LogP contribution in [0, 0.1) is 0 Å². The first-order chi connectivity index (χ1) is 21.9. The number of oxazole rings is 1. The summed E-state index contributed by atoms with van der Waals surface area (Å²) in [5, 5.41) is 3.60. The van der Waals surface area contributed by atoms with Crippen molar-refractivity contribution in [3.63, 3.8) is 0 Å². The third kappa shape index (κ3) is 8.95. The summed E-state index contributed by atoms with van der Waals surface area (Å²) in [6, 6.07) is 21.3. The number of hydrogen-bond donors (Lipinski definition) is 1. The number of piperazine rings is 1. The van der Waals surface area contributed by atoms with Gasteiger partial charge < -0.3 is 28.6 Å². The van der Waals surface area contributed by atoms with E-state index in [1.807, 2.05) is 60.8 Å². The molecule has 1 fully saturated rings. The molecule has 1 saturated heterocycles. The number of aromatic nitrogens is 2. The van der Waals surface area contributed by atoms with Gasteiger partial charge in [-0.05, 0) is 62.2 Å². The van der Waals surface area contributed by atoms with Crippen LogP contribution < -0.4 is 15.1 Å². The number of nitrogens with one attached hydrogen (secondary N) is 1. The molecule has 1 N–H and O–H groups in total. The lowest BCUT2D eigenvalue weighted by Crippen LogP contribution is -2.47. The predicted molar refractivity (Wildman–Crippen MR) is 178 cm³/mol. The Morgan fingerprint density at radius 2 is 1.64 bits per heavy atom. The van der Waals surface area contributed by atoms with Crippen molar-refractivity contribution >= 4 is 42.6 Å². The van der Waals surface area contributed by atoms with E-state index in [0.29, 0.717) is 49.2 Å². The van der Waals surface area contributed by atoms with Gasteiger partial charge in [0.1, 0.15) is 17.3 Å². The lowest BCUT2D eigenvalue weighted by atomic mass is 10.1. The van der Waals surface area contributed by atoms with E-state index in [0.717, 1.165) is 54.6 Å². The molecule has 238 valence electrons. The quantitative estimate of drug-likeness (QED) is 0.139. The predicted octanol–water partition coefficient (Wildman–Crippen LogP) is 7.44. The van der Waals surface area contributed by atoms with Gasteiger partial charge in [-0.1, -0.05) is 41.9 Å². The highest BCUT2D eigenvalue weighted by Crippen LogP contribution is 2.51. The molecule has 4 aromatic rings. The maximum atomic E-state index is 12.8. The Labute approximate surface area is 269 Å². The van der Waals surface area contributed by atoms with Gasteiger partial charge >= 0.3 is 7.60 Å². The second-order valence-corrected chi connectivity index (χ2v) is 13.1. The van der Waals surface area contributed by atoms with E-state index in [1.54, 1.807) is 26.0 Å². The molecular weight excluding hydrogens is 613 g/mol. The van der Waals surface area contributed by atoms with Crippen molar-refractivity contribution in [3.8, 4) is 11.3 Å². The molecule has 5 rings (SSSR count). The monoisotopic (exact) mass is 651 g/mol. The van der Waals surface area contributed by atoms with Gasteiger partial charge in [0, 0.05) is 61.5 Å². The number of anilines is 3. The first-order valence-corrected chi connectivity index (χ1v) is 17.4. The van der Waals surface area contributed by atoms with E-state index < -0.39 is 7.60 Å². The van der Waals surface area contributed by atoms with Gasteiger partial charge in [0.25, 0.3) is 6.01 Å². The van der Waals surface area contributed by atoms with Crippen molar-refractivity contribution in [2.75, 3.05) is 54.5 Å². The van der Waals surface area contributed by atoms with Gasteiger partial charge in [-0.15, -0.1) is 0 Å². The number of pyridine rings is 1. The molecule has 0 spiro atoms. The normalized spacial score (nSPS) is 13.7. The molecular formula is C33H39ClN5O5P. The van der Waals surface area contributed by atoms with Gasteiger partial charge in [-0.3, -0.25) is 9.36 Å². The Morgan fingerprint density at radius 3 is 2.29 bits per heavy atom. The fraction of sp³-hybridized carbons (Fsp3) is 0.364. The highest BCUT2D eigenvalue weighted by atomic mass is 35.5. The summed E-state index contributed by atoms with van der Waals surface area (Å²) < 4.78 is 29.9. The highest BCUT2D eigenvalue weighted by Gasteiger charge is 2.25. The largest absolute Gasteiger partial charge is 0.428 e. The number of carbonyl (C=O) groups is 1. The summed E-state index contributed by atoms with van der Waals surface area (Å²) in [7, 11) is -3.20. The molecule has 12 heteroatoms. The Bertz CT molecular complexity index is 1570. The molecule has 2 aromatic heterocycles. The molecule has 0 bridgehead atoms. The smallest absolute Gasteiger partial charge is 0.335 e. The van der Waals surface area contributed by atoms with Crippen LogP contribution in [0.2, 0.25) is 5.02 Å². The van der Waals surface area contributed by atoms with Crippen LogP contribution in [0.5, 0.6) is 0 Å². The molecule has 2 aromatic carbocycles. The van der Waals surface area contributed by atoms with E-state index in [9.17, 15) is 9.36 Å². The Kier molecular flexibility index (Phi) is 11.3. The van der Waals surface area contributed by atoms with Crippen molar-refractivity contribution in [2.45, 2.75) is 39.3 Å². The van der Waals surface area contributed by atoms with E-state index in [-0.39, 0.29) is 12.1 Å². The maximum absolute atomic E-state index is 12.8. The van der Waals surface area contributed by atoms with Crippen LogP contribution in [0.4, 0.5) is 17.5 Å². The first-order valence-electron chi connectivity index (χ1n) is 15.3. The highest BCUT2D eigenvalue weighted by molar-refractivity contribution is 7.53.